The quantitative estimate of drug-likeness (QED) is 0.913. The van der Waals surface area contributed by atoms with Crippen LogP contribution in [0.3, 0.4) is 0 Å². The van der Waals surface area contributed by atoms with Gasteiger partial charge in [0.25, 0.3) is 0 Å². The summed E-state index contributed by atoms with van der Waals surface area (Å²) >= 11 is 0. The maximum Gasteiger partial charge on any atom is 0.119 e. The number of methoxy groups -OCH3 is 1. The Bertz CT molecular complexity index is 566. The number of pyridine rings is 1. The molecular weight excluding hydrogens is 236 g/mol. The predicted octanol–water partition coefficient (Wildman–Crippen LogP) is 3.02. The fraction of sp³-hybridized carbons (Fsp3) is 0.312. The van der Waals surface area contributed by atoms with Gasteiger partial charge in [0.15, 0.2) is 0 Å². The number of rotatable bonds is 4. The van der Waals surface area contributed by atoms with E-state index in [4.69, 9.17) is 4.74 Å². The third-order valence-electron chi connectivity index (χ3n) is 3.44. The molecule has 3 heteroatoms. The van der Waals surface area contributed by atoms with Gasteiger partial charge in [0.2, 0.25) is 0 Å². The zero-order valence-corrected chi connectivity index (χ0v) is 11.9. The van der Waals surface area contributed by atoms with E-state index in [0.717, 1.165) is 11.4 Å². The highest BCUT2D eigenvalue weighted by atomic mass is 16.5. The maximum atomic E-state index is 5.26. The number of hydrogen-bond acceptors (Lipinski definition) is 3. The van der Waals surface area contributed by atoms with Crippen LogP contribution in [0.5, 0.6) is 5.75 Å². The van der Waals surface area contributed by atoms with Crippen molar-refractivity contribution < 1.29 is 4.74 Å². The molecule has 1 atom stereocenters. The monoisotopic (exact) mass is 256 g/mol. The molecule has 0 aliphatic rings. The molecule has 0 fully saturated rings. The highest BCUT2D eigenvalue weighted by Gasteiger charge is 2.16. The van der Waals surface area contributed by atoms with E-state index in [1.165, 1.54) is 16.7 Å². The summed E-state index contributed by atoms with van der Waals surface area (Å²) in [6, 6.07) is 10.4. The summed E-state index contributed by atoms with van der Waals surface area (Å²) < 4.78 is 5.26. The van der Waals surface area contributed by atoms with E-state index in [0.29, 0.717) is 0 Å². The van der Waals surface area contributed by atoms with Crippen molar-refractivity contribution in [1.82, 2.24) is 10.3 Å². The summed E-state index contributed by atoms with van der Waals surface area (Å²) in [6.45, 7) is 4.15. The molecule has 3 nitrogen and oxygen atoms in total. The Labute approximate surface area is 114 Å². The average Bonchev–Trinajstić information content (AvgIpc) is 2.43. The molecule has 0 saturated carbocycles. The van der Waals surface area contributed by atoms with E-state index in [2.05, 4.69) is 35.4 Å². The fourth-order valence-corrected chi connectivity index (χ4v) is 2.38. The third kappa shape index (κ3) is 2.76. The fourth-order valence-electron chi connectivity index (χ4n) is 2.38. The first kappa shape index (κ1) is 13.6. The van der Waals surface area contributed by atoms with Crippen LogP contribution < -0.4 is 10.1 Å². The number of aromatic nitrogens is 1. The van der Waals surface area contributed by atoms with Gasteiger partial charge in [-0.15, -0.1) is 0 Å². The first-order chi connectivity index (χ1) is 9.17. The van der Waals surface area contributed by atoms with Crippen molar-refractivity contribution in [2.75, 3.05) is 14.2 Å². The topological polar surface area (TPSA) is 34.1 Å². The molecule has 0 bridgehead atoms. The van der Waals surface area contributed by atoms with Crippen LogP contribution in [-0.4, -0.2) is 19.1 Å². The van der Waals surface area contributed by atoms with Crippen LogP contribution in [0.25, 0.3) is 0 Å². The van der Waals surface area contributed by atoms with Gasteiger partial charge in [0, 0.05) is 11.9 Å². The summed E-state index contributed by atoms with van der Waals surface area (Å²) in [7, 11) is 3.66. The SMILES string of the molecule is CNC(c1ccc(OC)cc1C)c1cccnc1C. The van der Waals surface area contributed by atoms with E-state index in [-0.39, 0.29) is 6.04 Å². The Balaban J connectivity index is 2.46. The van der Waals surface area contributed by atoms with Gasteiger partial charge in [-0.1, -0.05) is 12.1 Å². The van der Waals surface area contributed by atoms with E-state index in [9.17, 15) is 0 Å². The summed E-state index contributed by atoms with van der Waals surface area (Å²) in [6.07, 6.45) is 1.83. The molecule has 0 radical (unpaired) electrons. The summed E-state index contributed by atoms with van der Waals surface area (Å²) in [5, 5.41) is 3.37. The van der Waals surface area contributed by atoms with Crippen molar-refractivity contribution in [3.63, 3.8) is 0 Å². The first-order valence-corrected chi connectivity index (χ1v) is 6.40. The van der Waals surface area contributed by atoms with E-state index >= 15 is 0 Å². The number of nitrogens with zero attached hydrogens (tertiary/aromatic N) is 1. The van der Waals surface area contributed by atoms with Gasteiger partial charge in [-0.2, -0.15) is 0 Å². The zero-order valence-electron chi connectivity index (χ0n) is 11.9. The standard InChI is InChI=1S/C16H20N2O/c1-11-10-13(19-4)7-8-14(11)16(17-3)15-6-5-9-18-12(15)2/h5-10,16-17H,1-4H3. The minimum atomic E-state index is 0.152. The molecule has 1 N–H and O–H groups in total. The second kappa shape index (κ2) is 5.85. The highest BCUT2D eigenvalue weighted by molar-refractivity contribution is 5.42. The van der Waals surface area contributed by atoms with Crippen LogP contribution in [0.15, 0.2) is 36.5 Å². The Morgan fingerprint density at radius 3 is 2.53 bits per heavy atom. The number of hydrogen-bond donors (Lipinski definition) is 1. The average molecular weight is 256 g/mol. The van der Waals surface area contributed by atoms with Crippen molar-refractivity contribution in [3.8, 4) is 5.75 Å². The van der Waals surface area contributed by atoms with Gasteiger partial charge < -0.3 is 10.1 Å². The Morgan fingerprint density at radius 1 is 1.16 bits per heavy atom. The van der Waals surface area contributed by atoms with Crippen LogP contribution in [0.4, 0.5) is 0 Å². The summed E-state index contributed by atoms with van der Waals surface area (Å²) in [4.78, 5) is 4.37. The zero-order chi connectivity index (χ0) is 13.8. The van der Waals surface area contributed by atoms with Gasteiger partial charge in [-0.3, -0.25) is 4.98 Å². The molecule has 1 heterocycles. The molecule has 100 valence electrons. The summed E-state index contributed by atoms with van der Waals surface area (Å²) in [5.74, 6) is 0.888. The van der Waals surface area contributed by atoms with Gasteiger partial charge in [-0.05, 0) is 55.8 Å². The minimum absolute atomic E-state index is 0.152. The number of aryl methyl sites for hydroxylation is 2. The highest BCUT2D eigenvalue weighted by Crippen LogP contribution is 2.28. The lowest BCUT2D eigenvalue weighted by Gasteiger charge is -2.21. The molecule has 19 heavy (non-hydrogen) atoms. The minimum Gasteiger partial charge on any atom is -0.497 e. The molecule has 0 aliphatic carbocycles. The molecule has 2 rings (SSSR count). The molecule has 2 aromatic rings. The number of benzene rings is 1. The van der Waals surface area contributed by atoms with Gasteiger partial charge >= 0.3 is 0 Å². The number of nitrogens with one attached hydrogen (secondary N) is 1. The second-order valence-corrected chi connectivity index (χ2v) is 4.62. The Kier molecular flexibility index (Phi) is 4.17. The predicted molar refractivity (Wildman–Crippen MR) is 77.6 cm³/mol. The molecule has 0 amide bonds. The molecular formula is C16H20N2O. The Morgan fingerprint density at radius 2 is 1.95 bits per heavy atom. The maximum absolute atomic E-state index is 5.26. The van der Waals surface area contributed by atoms with E-state index in [1.54, 1.807) is 7.11 Å². The molecule has 0 saturated heterocycles. The molecule has 1 unspecified atom stereocenters. The van der Waals surface area contributed by atoms with Crippen molar-refractivity contribution in [2.45, 2.75) is 19.9 Å². The second-order valence-electron chi connectivity index (χ2n) is 4.62. The molecule has 0 spiro atoms. The lowest BCUT2D eigenvalue weighted by atomic mass is 9.94. The first-order valence-electron chi connectivity index (χ1n) is 6.40. The lowest BCUT2D eigenvalue weighted by Crippen LogP contribution is -2.20. The van der Waals surface area contributed by atoms with Gasteiger partial charge in [0.05, 0.1) is 13.2 Å². The molecule has 0 aliphatic heterocycles. The van der Waals surface area contributed by atoms with Gasteiger partial charge in [0.1, 0.15) is 5.75 Å². The molecule has 1 aromatic carbocycles. The smallest absolute Gasteiger partial charge is 0.119 e. The molecule has 1 aromatic heterocycles. The van der Waals surface area contributed by atoms with Crippen LogP contribution >= 0.6 is 0 Å². The summed E-state index contributed by atoms with van der Waals surface area (Å²) in [5.41, 5.74) is 4.72. The number of ether oxygens (including phenoxy) is 1. The third-order valence-corrected chi connectivity index (χ3v) is 3.44. The lowest BCUT2D eigenvalue weighted by molar-refractivity contribution is 0.414. The van der Waals surface area contributed by atoms with Crippen LogP contribution in [-0.2, 0) is 0 Å². The van der Waals surface area contributed by atoms with E-state index < -0.39 is 0 Å². The van der Waals surface area contributed by atoms with Crippen molar-refractivity contribution >= 4 is 0 Å². The van der Waals surface area contributed by atoms with Crippen molar-refractivity contribution in [2.24, 2.45) is 0 Å². The largest absolute Gasteiger partial charge is 0.497 e. The van der Waals surface area contributed by atoms with E-state index in [1.807, 2.05) is 32.3 Å². The van der Waals surface area contributed by atoms with Crippen molar-refractivity contribution in [3.05, 3.63) is 58.9 Å². The van der Waals surface area contributed by atoms with Crippen LogP contribution in [0, 0.1) is 13.8 Å². The van der Waals surface area contributed by atoms with Gasteiger partial charge in [-0.25, -0.2) is 0 Å². The van der Waals surface area contributed by atoms with Crippen LogP contribution in [0.1, 0.15) is 28.4 Å². The van der Waals surface area contributed by atoms with Crippen molar-refractivity contribution in [1.29, 1.82) is 0 Å². The normalized spacial score (nSPS) is 12.2. The Hall–Kier alpha value is -1.87. The van der Waals surface area contributed by atoms with Crippen LogP contribution in [0.2, 0.25) is 0 Å².